The number of hydrogen-bond donors (Lipinski definition) is 0. The van der Waals surface area contributed by atoms with E-state index in [1.807, 2.05) is 42.5 Å². The fourth-order valence-electron chi connectivity index (χ4n) is 2.48. The van der Waals surface area contributed by atoms with E-state index in [2.05, 4.69) is 22.3 Å². The molecule has 0 unspecified atom stereocenters. The highest BCUT2D eigenvalue weighted by molar-refractivity contribution is 6.31. The van der Waals surface area contributed by atoms with Crippen molar-refractivity contribution < 1.29 is 0 Å². The zero-order chi connectivity index (χ0) is 15.1. The molecular weight excluding hydrogens is 298 g/mol. The second-order valence-electron chi connectivity index (χ2n) is 5.13. The fourth-order valence-corrected chi connectivity index (χ4v) is 2.65. The van der Waals surface area contributed by atoms with E-state index in [1.165, 1.54) is 5.56 Å². The van der Waals surface area contributed by atoms with Gasteiger partial charge in [-0.2, -0.15) is 5.01 Å². The Labute approximate surface area is 132 Å². The van der Waals surface area contributed by atoms with Crippen LogP contribution < -0.4 is 0 Å². The third kappa shape index (κ3) is 2.10. The molecule has 2 aliphatic rings. The first-order valence-corrected chi connectivity index (χ1v) is 7.28. The summed E-state index contributed by atoms with van der Waals surface area (Å²) in [5.74, 6) is 1.45. The zero-order valence-electron chi connectivity index (χ0n) is 11.9. The molecule has 5 nitrogen and oxygen atoms in total. The van der Waals surface area contributed by atoms with E-state index in [-0.39, 0.29) is 0 Å². The summed E-state index contributed by atoms with van der Waals surface area (Å²) in [4.78, 5) is 9.19. The number of aliphatic imine (C=N–C) groups is 2. The molecule has 0 spiro atoms. The molecule has 2 heterocycles. The molecule has 0 amide bonds. The number of aryl methyl sites for hydroxylation is 1. The molecule has 0 atom stereocenters. The molecule has 0 aromatic heterocycles. The number of halogens is 1. The highest BCUT2D eigenvalue weighted by Gasteiger charge is 2.29. The van der Waals surface area contributed by atoms with Crippen LogP contribution in [0.5, 0.6) is 0 Å². The van der Waals surface area contributed by atoms with Crippen molar-refractivity contribution in [3.05, 3.63) is 64.2 Å². The third-order valence-corrected chi connectivity index (χ3v) is 3.81. The molecule has 0 fully saturated rings. The summed E-state index contributed by atoms with van der Waals surface area (Å²) in [6.45, 7) is 2.37. The van der Waals surface area contributed by atoms with Gasteiger partial charge in [0, 0.05) is 16.1 Å². The van der Waals surface area contributed by atoms with Crippen LogP contribution in [-0.2, 0) is 0 Å². The van der Waals surface area contributed by atoms with Crippen molar-refractivity contribution in [3.8, 4) is 0 Å². The van der Waals surface area contributed by atoms with Crippen molar-refractivity contribution in [2.75, 3.05) is 6.67 Å². The summed E-state index contributed by atoms with van der Waals surface area (Å²) < 4.78 is 0. The summed E-state index contributed by atoms with van der Waals surface area (Å²) >= 11 is 6.10. The normalized spacial score (nSPS) is 15.8. The SMILES string of the molecule is Cc1ccc(C2=Nc3ccc(Cl)cc3C3=NCN=NN23)cc1. The van der Waals surface area contributed by atoms with Gasteiger partial charge in [-0.05, 0) is 25.1 Å². The van der Waals surface area contributed by atoms with Crippen LogP contribution in [0, 0.1) is 6.92 Å². The van der Waals surface area contributed by atoms with Crippen molar-refractivity contribution in [1.82, 2.24) is 5.01 Å². The van der Waals surface area contributed by atoms with Crippen LogP contribution >= 0.6 is 11.6 Å². The van der Waals surface area contributed by atoms with Gasteiger partial charge in [-0.25, -0.2) is 9.98 Å². The molecule has 4 rings (SSSR count). The lowest BCUT2D eigenvalue weighted by molar-refractivity contribution is 0.560. The van der Waals surface area contributed by atoms with Crippen LogP contribution in [0.4, 0.5) is 5.69 Å². The minimum atomic E-state index is 0.318. The first-order chi connectivity index (χ1) is 10.7. The maximum atomic E-state index is 6.10. The van der Waals surface area contributed by atoms with Gasteiger partial charge < -0.3 is 0 Å². The first kappa shape index (κ1) is 13.2. The average molecular weight is 310 g/mol. The summed E-state index contributed by atoms with van der Waals surface area (Å²) in [6, 6.07) is 13.7. The van der Waals surface area contributed by atoms with Gasteiger partial charge in [0.15, 0.2) is 18.3 Å². The van der Waals surface area contributed by atoms with Gasteiger partial charge in [-0.1, -0.05) is 46.7 Å². The van der Waals surface area contributed by atoms with Gasteiger partial charge in [0.2, 0.25) is 0 Å². The Bertz CT molecular complexity index is 836. The maximum Gasteiger partial charge on any atom is 0.165 e. The molecule has 22 heavy (non-hydrogen) atoms. The van der Waals surface area contributed by atoms with E-state index in [9.17, 15) is 0 Å². The Hall–Kier alpha value is -2.53. The summed E-state index contributed by atoms with van der Waals surface area (Å²) in [5, 5.41) is 10.5. The Morgan fingerprint density at radius 3 is 2.68 bits per heavy atom. The van der Waals surface area contributed by atoms with E-state index >= 15 is 0 Å². The van der Waals surface area contributed by atoms with Gasteiger partial charge in [-0.15, -0.1) is 5.11 Å². The van der Waals surface area contributed by atoms with E-state index in [1.54, 1.807) is 5.01 Å². The predicted molar refractivity (Wildman–Crippen MR) is 86.9 cm³/mol. The highest BCUT2D eigenvalue weighted by Crippen LogP contribution is 2.32. The van der Waals surface area contributed by atoms with Gasteiger partial charge in [0.05, 0.1) is 5.69 Å². The number of benzene rings is 2. The van der Waals surface area contributed by atoms with E-state index in [4.69, 9.17) is 16.6 Å². The predicted octanol–water partition coefficient (Wildman–Crippen LogP) is 4.13. The Morgan fingerprint density at radius 1 is 1.05 bits per heavy atom. The molecule has 0 saturated heterocycles. The standard InChI is InChI=1S/C16H12ClN5/c1-10-2-4-11(5-3-10)15-20-14-7-6-12(17)8-13(14)16-18-9-19-21-22(15)16/h2-8H,9H2,1H3. The lowest BCUT2D eigenvalue weighted by Gasteiger charge is -2.28. The van der Waals surface area contributed by atoms with Gasteiger partial charge >= 0.3 is 0 Å². The van der Waals surface area contributed by atoms with E-state index in [0.29, 0.717) is 11.7 Å². The number of rotatable bonds is 1. The summed E-state index contributed by atoms with van der Waals surface area (Å²) in [6.07, 6.45) is 0. The van der Waals surface area contributed by atoms with Crippen molar-refractivity contribution in [2.24, 2.45) is 20.3 Å². The smallest absolute Gasteiger partial charge is 0.165 e. The molecule has 2 aromatic rings. The largest absolute Gasteiger partial charge is 0.240 e. The molecule has 108 valence electrons. The molecule has 0 saturated carbocycles. The second kappa shape index (κ2) is 5.03. The molecule has 0 aliphatic carbocycles. The van der Waals surface area contributed by atoms with Crippen LogP contribution in [0.3, 0.4) is 0 Å². The van der Waals surface area contributed by atoms with Crippen molar-refractivity contribution >= 4 is 29.0 Å². The van der Waals surface area contributed by atoms with Gasteiger partial charge in [-0.3, -0.25) is 0 Å². The van der Waals surface area contributed by atoms with Crippen LogP contribution in [0.15, 0.2) is 62.8 Å². The number of amidine groups is 2. The lowest BCUT2D eigenvalue weighted by Crippen LogP contribution is -2.37. The zero-order valence-corrected chi connectivity index (χ0v) is 12.6. The Morgan fingerprint density at radius 2 is 1.86 bits per heavy atom. The molecule has 6 heteroatoms. The van der Waals surface area contributed by atoms with E-state index in [0.717, 1.165) is 28.5 Å². The second-order valence-corrected chi connectivity index (χ2v) is 5.57. The number of fused-ring (bicyclic) bond motifs is 3. The quantitative estimate of drug-likeness (QED) is 0.781. The Kier molecular flexibility index (Phi) is 3.01. The Balaban J connectivity index is 1.92. The van der Waals surface area contributed by atoms with Crippen LogP contribution in [0.2, 0.25) is 5.02 Å². The molecule has 0 radical (unpaired) electrons. The van der Waals surface area contributed by atoms with Crippen LogP contribution in [0.25, 0.3) is 0 Å². The summed E-state index contributed by atoms with van der Waals surface area (Å²) in [5.41, 5.74) is 3.88. The van der Waals surface area contributed by atoms with Crippen molar-refractivity contribution in [2.45, 2.75) is 6.92 Å². The van der Waals surface area contributed by atoms with Crippen molar-refractivity contribution in [3.63, 3.8) is 0 Å². The average Bonchev–Trinajstić information content (AvgIpc) is 2.55. The van der Waals surface area contributed by atoms with Crippen LogP contribution in [0.1, 0.15) is 16.7 Å². The minimum absolute atomic E-state index is 0.318. The third-order valence-electron chi connectivity index (χ3n) is 3.57. The summed E-state index contributed by atoms with van der Waals surface area (Å²) in [7, 11) is 0. The van der Waals surface area contributed by atoms with Gasteiger partial charge in [0.25, 0.3) is 0 Å². The molecule has 2 aliphatic heterocycles. The molecule has 2 aromatic carbocycles. The lowest BCUT2D eigenvalue weighted by atomic mass is 10.1. The first-order valence-electron chi connectivity index (χ1n) is 6.90. The van der Waals surface area contributed by atoms with E-state index < -0.39 is 0 Å². The monoisotopic (exact) mass is 309 g/mol. The molecule has 0 N–H and O–H groups in total. The highest BCUT2D eigenvalue weighted by atomic mass is 35.5. The minimum Gasteiger partial charge on any atom is -0.240 e. The van der Waals surface area contributed by atoms with Gasteiger partial charge in [0.1, 0.15) is 0 Å². The molecular formula is C16H12ClN5. The number of nitrogens with zero attached hydrogens (tertiary/aromatic N) is 5. The topological polar surface area (TPSA) is 52.7 Å². The maximum absolute atomic E-state index is 6.10. The fraction of sp³-hybridized carbons (Fsp3) is 0.125. The number of hydrogen-bond acceptors (Lipinski definition) is 5. The van der Waals surface area contributed by atoms with Crippen LogP contribution in [-0.4, -0.2) is 23.3 Å². The molecule has 0 bridgehead atoms. The van der Waals surface area contributed by atoms with Crippen molar-refractivity contribution in [1.29, 1.82) is 0 Å².